The van der Waals surface area contributed by atoms with Crippen LogP contribution in [0.3, 0.4) is 0 Å². The van der Waals surface area contributed by atoms with Gasteiger partial charge in [0.05, 0.1) is 25.3 Å². The van der Waals surface area contributed by atoms with E-state index < -0.39 is 29.3 Å². The first-order valence-corrected chi connectivity index (χ1v) is 22.2. The van der Waals surface area contributed by atoms with Crippen LogP contribution in [0.1, 0.15) is 98.5 Å². The lowest BCUT2D eigenvalue weighted by atomic mass is 9.99. The fourth-order valence-electron chi connectivity index (χ4n) is 8.70. The van der Waals surface area contributed by atoms with E-state index in [2.05, 4.69) is 11.0 Å². The number of hydrogen-bond donors (Lipinski definition) is 3. The number of piperidine rings is 4. The van der Waals surface area contributed by atoms with Crippen molar-refractivity contribution in [3.8, 4) is 0 Å². The molecule has 20 heteroatoms. The van der Waals surface area contributed by atoms with Crippen LogP contribution in [0.4, 0.5) is 19.2 Å². The van der Waals surface area contributed by atoms with Crippen molar-refractivity contribution in [2.24, 2.45) is 11.8 Å². The van der Waals surface area contributed by atoms with Crippen molar-refractivity contribution in [3.63, 3.8) is 0 Å². The summed E-state index contributed by atoms with van der Waals surface area (Å²) in [4.78, 5) is 97.6. The van der Waals surface area contributed by atoms with Gasteiger partial charge in [0.25, 0.3) is 11.8 Å². The molecular weight excluding hydrogens is 821 g/mol. The molecule has 4 bridgehead atoms. The highest BCUT2D eigenvalue weighted by atomic mass is 16.7. The Balaban J connectivity index is 0.000000215. The topological polar surface area (TPSA) is 212 Å². The molecule has 1 aromatic rings. The van der Waals surface area contributed by atoms with E-state index in [-0.39, 0.29) is 60.6 Å². The number of carbonyl (C=O) groups is 6. The summed E-state index contributed by atoms with van der Waals surface area (Å²) < 4.78 is 10.9. The Morgan fingerprint density at radius 3 is 1.63 bits per heavy atom. The first kappa shape index (κ1) is 47.6. The van der Waals surface area contributed by atoms with Crippen molar-refractivity contribution in [1.82, 2.24) is 40.7 Å². The van der Waals surface area contributed by atoms with Gasteiger partial charge < -0.3 is 29.1 Å². The van der Waals surface area contributed by atoms with Gasteiger partial charge in [0.1, 0.15) is 29.9 Å². The number of amides is 8. The number of likely N-dealkylation sites (tertiary alicyclic amines) is 2. The summed E-state index contributed by atoms with van der Waals surface area (Å²) in [6.07, 6.45) is 5.13. The van der Waals surface area contributed by atoms with E-state index in [1.54, 1.807) is 14.7 Å². The highest BCUT2D eigenvalue weighted by molar-refractivity contribution is 5.88. The van der Waals surface area contributed by atoms with Crippen LogP contribution in [0.25, 0.3) is 0 Å². The predicted octanol–water partition coefficient (Wildman–Crippen LogP) is 4.42. The Bertz CT molecular complexity index is 1780. The SMILES string of the molecule is CC(C)(C)OC(=O)N1CCCC(CONC(=O)[C@@H]2CC[C@@H]3CN2C(=O)N3O)C1.CC(C)(C)OC(=O)N1CCCC(CONC(=O)[C@@H]2CC[C@@H]3CN2C(=O)N3OCc2ccccc2)C1. The van der Waals surface area contributed by atoms with Crippen LogP contribution in [0.5, 0.6) is 0 Å². The van der Waals surface area contributed by atoms with Crippen molar-refractivity contribution >= 4 is 36.1 Å². The van der Waals surface area contributed by atoms with Crippen molar-refractivity contribution in [3.05, 3.63) is 35.9 Å². The number of ether oxygens (including phenoxy) is 2. The fourth-order valence-corrected chi connectivity index (χ4v) is 8.70. The van der Waals surface area contributed by atoms with Gasteiger partial charge in [-0.05, 0) is 98.5 Å². The van der Waals surface area contributed by atoms with Gasteiger partial charge in [-0.2, -0.15) is 5.06 Å². The molecule has 1 aromatic carbocycles. The highest BCUT2D eigenvalue weighted by Crippen LogP contribution is 2.31. The molecule has 2 unspecified atom stereocenters. The lowest BCUT2D eigenvalue weighted by Crippen LogP contribution is -2.50. The van der Waals surface area contributed by atoms with Gasteiger partial charge in [0.2, 0.25) is 0 Å². The molecule has 0 aliphatic carbocycles. The first-order valence-electron chi connectivity index (χ1n) is 22.2. The van der Waals surface area contributed by atoms with Crippen LogP contribution in [-0.4, -0.2) is 159 Å². The molecule has 8 amide bonds. The van der Waals surface area contributed by atoms with Crippen LogP contribution in [0.2, 0.25) is 0 Å². The van der Waals surface area contributed by atoms with Crippen molar-refractivity contribution in [1.29, 1.82) is 0 Å². The number of urea groups is 2. The Morgan fingerprint density at radius 1 is 0.651 bits per heavy atom. The maximum absolute atomic E-state index is 12.9. The molecule has 6 atom stereocenters. The number of fused-ring (bicyclic) bond motifs is 4. The first-order chi connectivity index (χ1) is 29.9. The highest BCUT2D eigenvalue weighted by Gasteiger charge is 2.49. The van der Waals surface area contributed by atoms with Gasteiger partial charge >= 0.3 is 24.2 Å². The molecule has 6 saturated heterocycles. The zero-order chi connectivity index (χ0) is 45.5. The molecule has 6 fully saturated rings. The van der Waals surface area contributed by atoms with E-state index >= 15 is 0 Å². The Hall–Kier alpha value is -4.92. The molecule has 0 aromatic heterocycles. The van der Waals surface area contributed by atoms with Gasteiger partial charge in [-0.15, -0.1) is 0 Å². The molecule has 20 nitrogen and oxygen atoms in total. The summed E-state index contributed by atoms with van der Waals surface area (Å²) in [5.74, 6) is -0.523. The fraction of sp³-hybridized carbons (Fsp3) is 0.721. The third kappa shape index (κ3) is 12.9. The zero-order valence-corrected chi connectivity index (χ0v) is 37.5. The number of nitrogens with zero attached hydrogens (tertiary/aromatic N) is 6. The van der Waals surface area contributed by atoms with E-state index in [0.717, 1.165) is 31.2 Å². The average molecular weight is 887 g/mol. The van der Waals surface area contributed by atoms with E-state index in [0.29, 0.717) is 83.2 Å². The third-order valence-electron chi connectivity index (χ3n) is 11.8. The summed E-state index contributed by atoms with van der Waals surface area (Å²) in [6, 6.07) is 7.32. The summed E-state index contributed by atoms with van der Waals surface area (Å²) in [7, 11) is 0. The third-order valence-corrected chi connectivity index (χ3v) is 11.8. The minimum atomic E-state index is -0.634. The normalized spacial score (nSPS) is 26.0. The molecule has 0 spiro atoms. The molecule has 6 heterocycles. The maximum Gasteiger partial charge on any atom is 0.410 e. The summed E-state index contributed by atoms with van der Waals surface area (Å²) in [5.41, 5.74) is 4.87. The lowest BCUT2D eigenvalue weighted by Gasteiger charge is -2.34. The van der Waals surface area contributed by atoms with Crippen LogP contribution in [0, 0.1) is 11.8 Å². The molecule has 0 radical (unpaired) electrons. The average Bonchev–Trinajstić information content (AvgIpc) is 3.61. The second kappa shape index (κ2) is 20.7. The standard InChI is InChI=1S/C25H36N4O6.C18H30N4O6/c1-25(2,3)35-24(32)27-13-7-10-19(14-27)16-33-26-22(30)21-12-11-20-15-28(21)23(31)29(20)34-17-18-8-5-4-6-9-18;1-18(2,3)28-17(25)20-8-4-5-12(9-20)11-27-19-15(23)14-7-6-13-10-21(14)16(24)22(13)26/h4-6,8-9,19-21H,7,10-17H2,1-3H3,(H,26,30);12-14,26H,4-11H2,1-3H3,(H,19,23)/t19?,20-,21+;12?,13-,14+/m11/s1. The van der Waals surface area contributed by atoms with Crippen molar-refractivity contribution in [2.75, 3.05) is 52.5 Å². The monoisotopic (exact) mass is 886 g/mol. The van der Waals surface area contributed by atoms with E-state index in [1.807, 2.05) is 71.9 Å². The second-order valence-corrected chi connectivity index (χ2v) is 19.2. The number of benzene rings is 1. The molecule has 6 aliphatic rings. The minimum Gasteiger partial charge on any atom is -0.444 e. The number of carbonyl (C=O) groups excluding carboxylic acids is 6. The van der Waals surface area contributed by atoms with Crippen LogP contribution in [-0.2, 0) is 40.2 Å². The molecule has 350 valence electrons. The van der Waals surface area contributed by atoms with Crippen LogP contribution < -0.4 is 11.0 Å². The molecular formula is C43H66N8O12. The second-order valence-electron chi connectivity index (χ2n) is 19.2. The van der Waals surface area contributed by atoms with Gasteiger partial charge in [0, 0.05) is 51.1 Å². The Kier molecular flexibility index (Phi) is 15.6. The van der Waals surface area contributed by atoms with Gasteiger partial charge in [-0.25, -0.2) is 35.2 Å². The zero-order valence-electron chi connectivity index (χ0n) is 37.5. The smallest absolute Gasteiger partial charge is 0.410 e. The number of nitrogens with one attached hydrogen (secondary N) is 2. The number of rotatable bonds is 11. The quantitative estimate of drug-likeness (QED) is 0.208. The summed E-state index contributed by atoms with van der Waals surface area (Å²) in [5, 5.41) is 11.8. The lowest BCUT2D eigenvalue weighted by molar-refractivity contribution is -0.142. The number of hydroxylamine groups is 6. The summed E-state index contributed by atoms with van der Waals surface area (Å²) in [6.45, 7) is 15.1. The van der Waals surface area contributed by atoms with Gasteiger partial charge in [-0.1, -0.05) is 30.3 Å². The summed E-state index contributed by atoms with van der Waals surface area (Å²) >= 11 is 0. The Morgan fingerprint density at radius 2 is 1.13 bits per heavy atom. The van der Waals surface area contributed by atoms with E-state index in [1.165, 1.54) is 9.96 Å². The van der Waals surface area contributed by atoms with E-state index in [4.69, 9.17) is 24.0 Å². The van der Waals surface area contributed by atoms with Crippen molar-refractivity contribution < 1.29 is 58.0 Å². The van der Waals surface area contributed by atoms with E-state index in [9.17, 15) is 34.0 Å². The molecule has 6 aliphatic heterocycles. The van der Waals surface area contributed by atoms with Gasteiger partial charge in [-0.3, -0.25) is 29.3 Å². The minimum absolute atomic E-state index is 0.0581. The van der Waals surface area contributed by atoms with Gasteiger partial charge in [0.15, 0.2) is 0 Å². The Labute approximate surface area is 369 Å². The molecule has 3 N–H and O–H groups in total. The van der Waals surface area contributed by atoms with Crippen LogP contribution in [0.15, 0.2) is 30.3 Å². The maximum atomic E-state index is 12.9. The predicted molar refractivity (Wildman–Crippen MR) is 224 cm³/mol. The van der Waals surface area contributed by atoms with Crippen molar-refractivity contribution in [2.45, 2.75) is 135 Å². The molecule has 63 heavy (non-hydrogen) atoms. The number of hydrogen-bond acceptors (Lipinski definition) is 12. The largest absolute Gasteiger partial charge is 0.444 e. The van der Waals surface area contributed by atoms with Crippen LogP contribution >= 0.6 is 0 Å². The molecule has 0 saturated carbocycles. The molecule has 7 rings (SSSR count).